The van der Waals surface area contributed by atoms with E-state index in [0.717, 1.165) is 48.5 Å². The number of para-hydroxylation sites is 2. The number of unbranched alkanes of at least 4 members (excludes halogenated alkanes) is 1. The minimum Gasteiger partial charge on any atom is -0.494 e. The number of fused-ring (bicyclic) bond motifs is 2. The number of rotatable bonds is 12. The predicted octanol–water partition coefficient (Wildman–Crippen LogP) is 7.30. The molecule has 0 aromatic heterocycles. The zero-order valence-corrected chi connectivity index (χ0v) is 20.8. The molecule has 0 fully saturated rings. The standard InChI is InChI=1S/C29H32O5S/c1-2-18-33-26(29(30)31)20-21-14-16-22(17-15-21)32-19-8-7-12-27-23-9-3-4-10-24(23)34-25-11-5-6-13-28(25)35-27/h3-6,9-11,13-17,26-27H,2,7-8,12,18-20H2,1H3,(H,30,31). The van der Waals surface area contributed by atoms with Crippen molar-refractivity contribution in [3.63, 3.8) is 0 Å². The molecule has 0 bridgehead atoms. The number of benzene rings is 3. The number of carboxylic acid groups (broad SMARTS) is 1. The summed E-state index contributed by atoms with van der Waals surface area (Å²) < 4.78 is 17.6. The molecule has 1 aliphatic rings. The first kappa shape index (κ1) is 25.1. The molecular weight excluding hydrogens is 460 g/mol. The van der Waals surface area contributed by atoms with Gasteiger partial charge in [0.05, 0.1) is 11.5 Å². The van der Waals surface area contributed by atoms with Crippen molar-refractivity contribution in [1.82, 2.24) is 0 Å². The molecule has 0 aliphatic carbocycles. The second kappa shape index (κ2) is 12.7. The molecule has 0 radical (unpaired) electrons. The first-order valence-electron chi connectivity index (χ1n) is 12.2. The number of ether oxygens (including phenoxy) is 3. The Bertz CT molecular complexity index is 1100. The van der Waals surface area contributed by atoms with Gasteiger partial charge in [-0.25, -0.2) is 4.79 Å². The summed E-state index contributed by atoms with van der Waals surface area (Å²) in [4.78, 5) is 12.6. The maximum absolute atomic E-state index is 11.4. The highest BCUT2D eigenvalue weighted by Crippen LogP contribution is 2.49. The Balaban J connectivity index is 1.25. The van der Waals surface area contributed by atoms with Crippen molar-refractivity contribution in [2.45, 2.75) is 55.3 Å². The van der Waals surface area contributed by atoms with E-state index < -0.39 is 12.1 Å². The third-order valence-electron chi connectivity index (χ3n) is 5.88. The average molecular weight is 493 g/mol. The number of thioether (sulfide) groups is 1. The normalized spacial score (nSPS) is 15.3. The van der Waals surface area contributed by atoms with Crippen LogP contribution in [-0.4, -0.2) is 30.4 Å². The van der Waals surface area contributed by atoms with E-state index in [9.17, 15) is 9.90 Å². The monoisotopic (exact) mass is 492 g/mol. The molecule has 0 spiro atoms. The smallest absolute Gasteiger partial charge is 0.333 e. The van der Waals surface area contributed by atoms with Crippen LogP contribution in [0.4, 0.5) is 0 Å². The Labute approximate surface area is 211 Å². The van der Waals surface area contributed by atoms with Gasteiger partial charge in [-0.1, -0.05) is 49.4 Å². The van der Waals surface area contributed by atoms with Crippen LogP contribution in [0.15, 0.2) is 77.7 Å². The number of carboxylic acids is 1. The third-order valence-corrected chi connectivity index (χ3v) is 7.24. The molecule has 1 N–H and O–H groups in total. The second-order valence-corrected chi connectivity index (χ2v) is 9.83. The van der Waals surface area contributed by atoms with Crippen molar-refractivity contribution in [1.29, 1.82) is 0 Å². The molecular formula is C29H32O5S. The number of hydrogen-bond acceptors (Lipinski definition) is 5. The van der Waals surface area contributed by atoms with Crippen molar-refractivity contribution < 1.29 is 24.1 Å². The Morgan fingerprint density at radius 1 is 0.971 bits per heavy atom. The van der Waals surface area contributed by atoms with Crippen molar-refractivity contribution in [2.75, 3.05) is 13.2 Å². The van der Waals surface area contributed by atoms with Crippen LogP contribution in [-0.2, 0) is 16.0 Å². The highest BCUT2D eigenvalue weighted by molar-refractivity contribution is 7.99. The van der Waals surface area contributed by atoms with Crippen molar-refractivity contribution in [2.24, 2.45) is 0 Å². The molecule has 184 valence electrons. The van der Waals surface area contributed by atoms with E-state index in [1.807, 2.05) is 67.2 Å². The molecule has 0 saturated carbocycles. The summed E-state index contributed by atoms with van der Waals surface area (Å²) in [5, 5.41) is 9.68. The first-order valence-corrected chi connectivity index (χ1v) is 13.1. The number of aliphatic carboxylic acids is 1. The lowest BCUT2D eigenvalue weighted by molar-refractivity contribution is -0.150. The molecule has 1 aliphatic heterocycles. The highest BCUT2D eigenvalue weighted by Gasteiger charge is 2.23. The molecule has 5 nitrogen and oxygen atoms in total. The van der Waals surface area contributed by atoms with Gasteiger partial charge in [0.25, 0.3) is 0 Å². The largest absolute Gasteiger partial charge is 0.494 e. The number of hydrogen-bond donors (Lipinski definition) is 1. The summed E-state index contributed by atoms with van der Waals surface area (Å²) >= 11 is 1.87. The Morgan fingerprint density at radius 2 is 1.71 bits per heavy atom. The summed E-state index contributed by atoms with van der Waals surface area (Å²) in [6.45, 7) is 3.05. The predicted molar refractivity (Wildman–Crippen MR) is 139 cm³/mol. The van der Waals surface area contributed by atoms with Crippen LogP contribution in [0.5, 0.6) is 17.2 Å². The van der Waals surface area contributed by atoms with E-state index in [2.05, 4.69) is 24.3 Å². The topological polar surface area (TPSA) is 65.0 Å². The van der Waals surface area contributed by atoms with Crippen molar-refractivity contribution in [3.05, 3.63) is 83.9 Å². The average Bonchev–Trinajstić information content (AvgIpc) is 3.03. The van der Waals surface area contributed by atoms with E-state index in [4.69, 9.17) is 14.2 Å². The molecule has 3 aromatic carbocycles. The van der Waals surface area contributed by atoms with Gasteiger partial charge in [0, 0.05) is 23.8 Å². The van der Waals surface area contributed by atoms with Crippen LogP contribution < -0.4 is 9.47 Å². The third kappa shape index (κ3) is 7.03. The summed E-state index contributed by atoms with van der Waals surface area (Å²) in [6.07, 6.45) is 3.37. The molecule has 3 aromatic rings. The molecule has 2 unspecified atom stereocenters. The van der Waals surface area contributed by atoms with Gasteiger partial charge in [-0.15, -0.1) is 11.8 Å². The van der Waals surface area contributed by atoms with Crippen LogP contribution in [0, 0.1) is 0 Å². The van der Waals surface area contributed by atoms with Crippen molar-refractivity contribution in [3.8, 4) is 17.2 Å². The van der Waals surface area contributed by atoms with Crippen LogP contribution in [0.3, 0.4) is 0 Å². The van der Waals surface area contributed by atoms with Gasteiger partial charge in [-0.3, -0.25) is 0 Å². The van der Waals surface area contributed by atoms with Gasteiger partial charge in [-0.05, 0) is 61.6 Å². The van der Waals surface area contributed by atoms with E-state index >= 15 is 0 Å². The lowest BCUT2D eigenvalue weighted by Crippen LogP contribution is -2.26. The second-order valence-electron chi connectivity index (χ2n) is 8.58. The molecule has 6 heteroatoms. The van der Waals surface area contributed by atoms with Crippen LogP contribution in [0.1, 0.15) is 49.0 Å². The van der Waals surface area contributed by atoms with Gasteiger partial charge >= 0.3 is 5.97 Å². The Morgan fingerprint density at radius 3 is 2.49 bits per heavy atom. The molecule has 35 heavy (non-hydrogen) atoms. The van der Waals surface area contributed by atoms with E-state index in [-0.39, 0.29) is 0 Å². The molecule has 0 amide bonds. The van der Waals surface area contributed by atoms with Gasteiger partial charge < -0.3 is 19.3 Å². The van der Waals surface area contributed by atoms with Crippen LogP contribution in [0.2, 0.25) is 0 Å². The van der Waals surface area contributed by atoms with E-state index in [0.29, 0.717) is 24.9 Å². The molecule has 4 rings (SSSR count). The number of carbonyl (C=O) groups is 1. The summed E-state index contributed by atoms with van der Waals surface area (Å²) in [5.41, 5.74) is 2.17. The zero-order chi connectivity index (χ0) is 24.5. The van der Waals surface area contributed by atoms with E-state index in [1.165, 1.54) is 10.5 Å². The molecule has 2 atom stereocenters. The minimum atomic E-state index is -0.928. The van der Waals surface area contributed by atoms with Gasteiger partial charge in [0.2, 0.25) is 0 Å². The summed E-state index contributed by atoms with van der Waals surface area (Å²) in [5.74, 6) is 1.73. The van der Waals surface area contributed by atoms with Crippen LogP contribution >= 0.6 is 11.8 Å². The summed E-state index contributed by atoms with van der Waals surface area (Å²) in [6, 6.07) is 24.2. The fraction of sp³-hybridized carbons (Fsp3) is 0.345. The maximum Gasteiger partial charge on any atom is 0.333 e. The lowest BCUT2D eigenvalue weighted by Gasteiger charge is -2.16. The molecule has 0 saturated heterocycles. The summed E-state index contributed by atoms with van der Waals surface area (Å²) in [7, 11) is 0. The lowest BCUT2D eigenvalue weighted by atomic mass is 10.1. The quantitative estimate of drug-likeness (QED) is 0.268. The molecule has 1 heterocycles. The zero-order valence-electron chi connectivity index (χ0n) is 20.0. The van der Waals surface area contributed by atoms with E-state index in [1.54, 1.807) is 0 Å². The maximum atomic E-state index is 11.4. The first-order chi connectivity index (χ1) is 17.1. The highest BCUT2D eigenvalue weighted by atomic mass is 32.2. The van der Waals surface area contributed by atoms with Gasteiger partial charge in [0.1, 0.15) is 17.2 Å². The Hall–Kier alpha value is -2.96. The Kier molecular flexibility index (Phi) is 9.09. The fourth-order valence-electron chi connectivity index (χ4n) is 4.06. The van der Waals surface area contributed by atoms with Gasteiger partial charge in [-0.2, -0.15) is 0 Å². The minimum absolute atomic E-state index is 0.339. The SMILES string of the molecule is CCCOC(Cc1ccc(OCCCCC2Sc3ccccc3Oc3ccccc32)cc1)C(=O)O. The van der Waals surface area contributed by atoms with Crippen molar-refractivity contribution >= 4 is 17.7 Å². The van der Waals surface area contributed by atoms with Crippen LogP contribution in [0.25, 0.3) is 0 Å². The fourth-order valence-corrected chi connectivity index (χ4v) is 5.35. The van der Waals surface area contributed by atoms with Gasteiger partial charge in [0.15, 0.2) is 6.10 Å².